The average molecular weight is 223 g/mol. The number of ether oxygens (including phenoxy) is 2. The van der Waals surface area contributed by atoms with Gasteiger partial charge in [-0.3, -0.25) is 0 Å². The molecule has 5 heteroatoms. The van der Waals surface area contributed by atoms with Gasteiger partial charge >= 0.3 is 0 Å². The SMILES string of the molecule is COc1cc(N)cnc1O[C@@H]1CCN(C)C1. The zero-order valence-corrected chi connectivity index (χ0v) is 9.64. The number of anilines is 1. The molecule has 0 radical (unpaired) electrons. The third-order valence-corrected chi connectivity index (χ3v) is 2.69. The molecule has 2 N–H and O–H groups in total. The van der Waals surface area contributed by atoms with Gasteiger partial charge in [-0.1, -0.05) is 0 Å². The molecule has 1 saturated heterocycles. The van der Waals surface area contributed by atoms with E-state index in [1.807, 2.05) is 0 Å². The second-order valence-electron chi connectivity index (χ2n) is 4.07. The maximum absolute atomic E-state index is 5.79. The molecule has 0 bridgehead atoms. The predicted octanol–water partition coefficient (Wildman–Crippen LogP) is 0.755. The molecule has 0 spiro atoms. The van der Waals surface area contributed by atoms with Crippen LogP contribution in [0.2, 0.25) is 0 Å². The molecule has 0 saturated carbocycles. The Morgan fingerprint density at radius 3 is 3.00 bits per heavy atom. The maximum atomic E-state index is 5.79. The summed E-state index contributed by atoms with van der Waals surface area (Å²) in [5.41, 5.74) is 6.20. The molecule has 0 aliphatic carbocycles. The monoisotopic (exact) mass is 223 g/mol. The summed E-state index contributed by atoms with van der Waals surface area (Å²) < 4.78 is 11.0. The van der Waals surface area contributed by atoms with Crippen LogP contribution in [-0.2, 0) is 0 Å². The van der Waals surface area contributed by atoms with Gasteiger partial charge in [0.15, 0.2) is 5.75 Å². The molecule has 1 aliphatic rings. The first-order valence-electron chi connectivity index (χ1n) is 5.33. The van der Waals surface area contributed by atoms with Gasteiger partial charge in [0, 0.05) is 19.2 Å². The summed E-state index contributed by atoms with van der Waals surface area (Å²) in [5, 5.41) is 0. The number of likely N-dealkylation sites (tertiary alicyclic amines) is 1. The minimum absolute atomic E-state index is 0.190. The molecule has 1 aliphatic heterocycles. The average Bonchev–Trinajstić information content (AvgIpc) is 2.67. The van der Waals surface area contributed by atoms with Crippen LogP contribution in [0.5, 0.6) is 11.6 Å². The molecule has 1 fully saturated rings. The Morgan fingerprint density at radius 1 is 1.56 bits per heavy atom. The number of nitrogens with zero attached hydrogens (tertiary/aromatic N) is 2. The van der Waals surface area contributed by atoms with Crippen molar-refractivity contribution < 1.29 is 9.47 Å². The highest BCUT2D eigenvalue weighted by Gasteiger charge is 2.22. The Hall–Kier alpha value is -1.49. The van der Waals surface area contributed by atoms with Crippen molar-refractivity contribution in [1.82, 2.24) is 9.88 Å². The maximum Gasteiger partial charge on any atom is 0.257 e. The van der Waals surface area contributed by atoms with E-state index in [-0.39, 0.29) is 6.10 Å². The van der Waals surface area contributed by atoms with Crippen molar-refractivity contribution >= 4 is 5.69 Å². The fraction of sp³-hybridized carbons (Fsp3) is 0.545. The van der Waals surface area contributed by atoms with Crippen LogP contribution >= 0.6 is 0 Å². The normalized spacial score (nSPS) is 21.0. The molecule has 0 amide bonds. The van der Waals surface area contributed by atoms with Gasteiger partial charge in [-0.25, -0.2) is 4.98 Å². The van der Waals surface area contributed by atoms with Gasteiger partial charge in [-0.15, -0.1) is 0 Å². The van der Waals surface area contributed by atoms with E-state index in [4.69, 9.17) is 15.2 Å². The predicted molar refractivity (Wildman–Crippen MR) is 61.7 cm³/mol. The third-order valence-electron chi connectivity index (χ3n) is 2.69. The molecule has 1 atom stereocenters. The number of likely N-dealkylation sites (N-methyl/N-ethyl adjacent to an activating group) is 1. The van der Waals surface area contributed by atoms with Gasteiger partial charge < -0.3 is 20.1 Å². The fourth-order valence-corrected chi connectivity index (χ4v) is 1.83. The van der Waals surface area contributed by atoms with Gasteiger partial charge in [-0.05, 0) is 13.5 Å². The standard InChI is InChI=1S/C11H17N3O2/c1-14-4-3-9(7-14)16-11-10(15-2)5-8(12)6-13-11/h5-6,9H,3-4,7,12H2,1-2H3/t9-/m1/s1. The molecule has 0 unspecified atom stereocenters. The zero-order valence-electron chi connectivity index (χ0n) is 9.64. The van der Waals surface area contributed by atoms with Crippen LogP contribution in [0.25, 0.3) is 0 Å². The fourth-order valence-electron chi connectivity index (χ4n) is 1.83. The van der Waals surface area contributed by atoms with E-state index in [1.165, 1.54) is 0 Å². The number of nitrogen functional groups attached to an aromatic ring is 1. The summed E-state index contributed by atoms with van der Waals surface area (Å²) >= 11 is 0. The second-order valence-corrected chi connectivity index (χ2v) is 4.07. The van der Waals surface area contributed by atoms with E-state index in [0.29, 0.717) is 17.3 Å². The zero-order chi connectivity index (χ0) is 11.5. The summed E-state index contributed by atoms with van der Waals surface area (Å²) in [5.74, 6) is 1.12. The van der Waals surface area contributed by atoms with E-state index in [2.05, 4.69) is 16.9 Å². The molecular weight excluding hydrogens is 206 g/mol. The Morgan fingerprint density at radius 2 is 2.38 bits per heavy atom. The van der Waals surface area contributed by atoms with Crippen LogP contribution in [0.3, 0.4) is 0 Å². The molecule has 1 aromatic heterocycles. The first-order chi connectivity index (χ1) is 7.69. The van der Waals surface area contributed by atoms with E-state index in [9.17, 15) is 0 Å². The quantitative estimate of drug-likeness (QED) is 0.819. The van der Waals surface area contributed by atoms with Gasteiger partial charge in [0.2, 0.25) is 0 Å². The summed E-state index contributed by atoms with van der Waals surface area (Å²) in [6.07, 6.45) is 2.79. The summed E-state index contributed by atoms with van der Waals surface area (Å²) in [7, 11) is 3.67. The second kappa shape index (κ2) is 4.57. The number of aromatic nitrogens is 1. The third kappa shape index (κ3) is 2.36. The number of rotatable bonds is 3. The highest BCUT2D eigenvalue weighted by atomic mass is 16.5. The number of nitrogens with two attached hydrogens (primary N) is 1. The van der Waals surface area contributed by atoms with Crippen molar-refractivity contribution in [3.8, 4) is 11.6 Å². The Bertz CT molecular complexity index is 370. The Labute approximate surface area is 95.2 Å². The van der Waals surface area contributed by atoms with Gasteiger partial charge in [0.25, 0.3) is 5.88 Å². The number of hydrogen-bond donors (Lipinski definition) is 1. The minimum atomic E-state index is 0.190. The molecule has 16 heavy (non-hydrogen) atoms. The molecule has 2 heterocycles. The largest absolute Gasteiger partial charge is 0.491 e. The van der Waals surface area contributed by atoms with Crippen LogP contribution in [0.4, 0.5) is 5.69 Å². The van der Waals surface area contributed by atoms with Crippen molar-refractivity contribution in [2.45, 2.75) is 12.5 Å². The summed E-state index contributed by atoms with van der Waals surface area (Å²) in [6, 6.07) is 1.72. The van der Waals surface area contributed by atoms with Crippen molar-refractivity contribution in [2.24, 2.45) is 0 Å². The molecular formula is C11H17N3O2. The van der Waals surface area contributed by atoms with E-state index >= 15 is 0 Å². The number of hydrogen-bond acceptors (Lipinski definition) is 5. The van der Waals surface area contributed by atoms with Crippen LogP contribution < -0.4 is 15.2 Å². The lowest BCUT2D eigenvalue weighted by Crippen LogP contribution is -2.22. The minimum Gasteiger partial charge on any atom is -0.491 e. The highest BCUT2D eigenvalue weighted by Crippen LogP contribution is 2.28. The highest BCUT2D eigenvalue weighted by molar-refractivity contribution is 5.46. The van der Waals surface area contributed by atoms with Crippen LogP contribution in [0.15, 0.2) is 12.3 Å². The van der Waals surface area contributed by atoms with E-state index in [0.717, 1.165) is 19.5 Å². The van der Waals surface area contributed by atoms with Crippen molar-refractivity contribution in [2.75, 3.05) is 33.0 Å². The lowest BCUT2D eigenvalue weighted by molar-refractivity contribution is 0.191. The molecule has 0 aromatic carbocycles. The van der Waals surface area contributed by atoms with Gasteiger partial charge in [0.1, 0.15) is 6.10 Å². The van der Waals surface area contributed by atoms with Crippen LogP contribution in [0, 0.1) is 0 Å². The number of methoxy groups -OCH3 is 1. The van der Waals surface area contributed by atoms with Gasteiger partial charge in [-0.2, -0.15) is 0 Å². The molecule has 88 valence electrons. The molecule has 5 nitrogen and oxygen atoms in total. The molecule has 2 rings (SSSR count). The summed E-state index contributed by atoms with van der Waals surface area (Å²) in [4.78, 5) is 6.38. The lowest BCUT2D eigenvalue weighted by Gasteiger charge is -2.15. The van der Waals surface area contributed by atoms with Crippen molar-refractivity contribution in [3.05, 3.63) is 12.3 Å². The topological polar surface area (TPSA) is 60.6 Å². The van der Waals surface area contributed by atoms with Crippen molar-refractivity contribution in [3.63, 3.8) is 0 Å². The summed E-state index contributed by atoms with van der Waals surface area (Å²) in [6.45, 7) is 1.98. The van der Waals surface area contributed by atoms with E-state index in [1.54, 1.807) is 19.4 Å². The first kappa shape index (κ1) is 11.0. The smallest absolute Gasteiger partial charge is 0.257 e. The Kier molecular flexibility index (Phi) is 3.14. The van der Waals surface area contributed by atoms with Crippen molar-refractivity contribution in [1.29, 1.82) is 0 Å². The van der Waals surface area contributed by atoms with E-state index < -0.39 is 0 Å². The lowest BCUT2D eigenvalue weighted by atomic mass is 10.3. The van der Waals surface area contributed by atoms with Gasteiger partial charge in [0.05, 0.1) is 19.0 Å². The number of pyridine rings is 1. The first-order valence-corrected chi connectivity index (χ1v) is 5.33. The van der Waals surface area contributed by atoms with Crippen LogP contribution in [-0.4, -0.2) is 43.2 Å². The molecule has 1 aromatic rings. The Balaban J connectivity index is 2.08. The van der Waals surface area contributed by atoms with Crippen LogP contribution in [0.1, 0.15) is 6.42 Å².